The van der Waals surface area contributed by atoms with Gasteiger partial charge in [-0.2, -0.15) is 0 Å². The Kier molecular flexibility index (Phi) is 3.55. The van der Waals surface area contributed by atoms with E-state index in [1.165, 1.54) is 0 Å². The number of anilines is 1. The highest BCUT2D eigenvalue weighted by Gasteiger charge is 2.13. The minimum Gasteiger partial charge on any atom is -0.397 e. The highest BCUT2D eigenvalue weighted by molar-refractivity contribution is 5.93. The molecule has 4 nitrogen and oxygen atoms in total. The van der Waals surface area contributed by atoms with Crippen LogP contribution in [0.2, 0.25) is 0 Å². The second-order valence-corrected chi connectivity index (χ2v) is 3.66. The van der Waals surface area contributed by atoms with E-state index >= 15 is 0 Å². The molecule has 0 bridgehead atoms. The Morgan fingerprint density at radius 2 is 2.40 bits per heavy atom. The molecule has 0 fully saturated rings. The standard InChI is InChI=1S/C11H17N3O/c1-4-5-13-11(15)10-6-9(12)7-14(10)8(2)3/h4,6-8H,1,5,12H2,2-3H3,(H,13,15). The second-order valence-electron chi connectivity index (χ2n) is 3.66. The number of hydrogen-bond acceptors (Lipinski definition) is 2. The predicted molar refractivity (Wildman–Crippen MR) is 61.8 cm³/mol. The van der Waals surface area contributed by atoms with Crippen molar-refractivity contribution in [3.05, 3.63) is 30.6 Å². The van der Waals surface area contributed by atoms with E-state index < -0.39 is 0 Å². The number of nitrogens with one attached hydrogen (secondary N) is 1. The van der Waals surface area contributed by atoms with Crippen LogP contribution in [0.4, 0.5) is 5.69 Å². The maximum atomic E-state index is 11.7. The molecule has 0 aliphatic rings. The minimum atomic E-state index is -0.125. The van der Waals surface area contributed by atoms with Crippen LogP contribution < -0.4 is 11.1 Å². The summed E-state index contributed by atoms with van der Waals surface area (Å²) >= 11 is 0. The number of nitrogens with zero attached hydrogens (tertiary/aromatic N) is 1. The Morgan fingerprint density at radius 1 is 1.73 bits per heavy atom. The van der Waals surface area contributed by atoms with Crippen molar-refractivity contribution in [2.75, 3.05) is 12.3 Å². The first-order chi connectivity index (χ1) is 7.06. The van der Waals surface area contributed by atoms with Gasteiger partial charge in [0, 0.05) is 18.8 Å². The van der Waals surface area contributed by atoms with Crippen LogP contribution >= 0.6 is 0 Å². The van der Waals surface area contributed by atoms with E-state index in [1.807, 2.05) is 18.4 Å². The zero-order valence-corrected chi connectivity index (χ0v) is 9.16. The van der Waals surface area contributed by atoms with Gasteiger partial charge in [0.15, 0.2) is 0 Å². The largest absolute Gasteiger partial charge is 0.397 e. The zero-order chi connectivity index (χ0) is 11.4. The smallest absolute Gasteiger partial charge is 0.268 e. The molecular weight excluding hydrogens is 190 g/mol. The molecule has 0 aliphatic carbocycles. The lowest BCUT2D eigenvalue weighted by Gasteiger charge is -2.11. The Morgan fingerprint density at radius 3 is 2.93 bits per heavy atom. The number of hydrogen-bond donors (Lipinski definition) is 2. The fourth-order valence-electron chi connectivity index (χ4n) is 1.37. The van der Waals surface area contributed by atoms with Gasteiger partial charge in [0.2, 0.25) is 0 Å². The van der Waals surface area contributed by atoms with E-state index in [9.17, 15) is 4.79 Å². The molecule has 4 heteroatoms. The third-order valence-electron chi connectivity index (χ3n) is 2.07. The van der Waals surface area contributed by atoms with Crippen LogP contribution in [-0.4, -0.2) is 17.0 Å². The van der Waals surface area contributed by atoms with E-state index in [1.54, 1.807) is 18.3 Å². The van der Waals surface area contributed by atoms with Crippen molar-refractivity contribution in [1.82, 2.24) is 9.88 Å². The molecule has 0 aromatic carbocycles. The van der Waals surface area contributed by atoms with Gasteiger partial charge < -0.3 is 15.6 Å². The molecule has 0 radical (unpaired) electrons. The number of carbonyl (C=O) groups is 1. The molecular formula is C11H17N3O. The van der Waals surface area contributed by atoms with Gasteiger partial charge in [-0.15, -0.1) is 6.58 Å². The molecule has 82 valence electrons. The first kappa shape index (κ1) is 11.4. The van der Waals surface area contributed by atoms with Crippen molar-refractivity contribution in [3.8, 4) is 0 Å². The van der Waals surface area contributed by atoms with Crippen LogP contribution in [0.1, 0.15) is 30.4 Å². The van der Waals surface area contributed by atoms with Gasteiger partial charge in [-0.25, -0.2) is 0 Å². The molecule has 0 atom stereocenters. The number of amides is 1. The van der Waals surface area contributed by atoms with Crippen molar-refractivity contribution in [2.24, 2.45) is 0 Å². The molecule has 1 heterocycles. The average molecular weight is 207 g/mol. The predicted octanol–water partition coefficient (Wildman–Crippen LogP) is 1.57. The molecule has 0 saturated carbocycles. The molecule has 1 rings (SSSR count). The minimum absolute atomic E-state index is 0.125. The molecule has 0 unspecified atom stereocenters. The Labute approximate surface area is 89.8 Å². The van der Waals surface area contributed by atoms with Crippen LogP contribution in [0, 0.1) is 0 Å². The molecule has 1 aromatic heterocycles. The van der Waals surface area contributed by atoms with Gasteiger partial charge in [-0.05, 0) is 19.9 Å². The maximum Gasteiger partial charge on any atom is 0.268 e. The number of aromatic nitrogens is 1. The van der Waals surface area contributed by atoms with Gasteiger partial charge in [0.05, 0.1) is 5.69 Å². The van der Waals surface area contributed by atoms with Crippen LogP contribution in [-0.2, 0) is 0 Å². The highest BCUT2D eigenvalue weighted by Crippen LogP contribution is 2.16. The Bertz CT molecular complexity index is 366. The zero-order valence-electron chi connectivity index (χ0n) is 9.16. The van der Waals surface area contributed by atoms with Crippen LogP contribution in [0.25, 0.3) is 0 Å². The monoisotopic (exact) mass is 207 g/mol. The lowest BCUT2D eigenvalue weighted by molar-refractivity contribution is 0.0947. The number of nitrogen functional groups attached to an aromatic ring is 1. The fourth-order valence-corrected chi connectivity index (χ4v) is 1.37. The second kappa shape index (κ2) is 4.68. The van der Waals surface area contributed by atoms with Crippen LogP contribution in [0.5, 0.6) is 0 Å². The summed E-state index contributed by atoms with van der Waals surface area (Å²) in [7, 11) is 0. The van der Waals surface area contributed by atoms with Crippen LogP contribution in [0.15, 0.2) is 24.9 Å². The molecule has 1 aromatic rings. The summed E-state index contributed by atoms with van der Waals surface area (Å²) in [4.78, 5) is 11.7. The number of carbonyl (C=O) groups excluding carboxylic acids is 1. The first-order valence-corrected chi connectivity index (χ1v) is 4.92. The summed E-state index contributed by atoms with van der Waals surface area (Å²) in [5.41, 5.74) is 6.85. The topological polar surface area (TPSA) is 60.1 Å². The third kappa shape index (κ3) is 2.62. The van der Waals surface area contributed by atoms with Crippen molar-refractivity contribution in [1.29, 1.82) is 0 Å². The van der Waals surface area contributed by atoms with E-state index in [0.717, 1.165) is 0 Å². The normalized spacial score (nSPS) is 10.3. The molecule has 1 amide bonds. The van der Waals surface area contributed by atoms with Gasteiger partial charge in [-0.1, -0.05) is 6.08 Å². The summed E-state index contributed by atoms with van der Waals surface area (Å²) in [5, 5.41) is 2.72. The maximum absolute atomic E-state index is 11.7. The quantitative estimate of drug-likeness (QED) is 0.736. The van der Waals surface area contributed by atoms with Gasteiger partial charge >= 0.3 is 0 Å². The summed E-state index contributed by atoms with van der Waals surface area (Å²) in [6.07, 6.45) is 3.41. The van der Waals surface area contributed by atoms with Gasteiger partial charge in [0.1, 0.15) is 5.69 Å². The van der Waals surface area contributed by atoms with E-state index in [0.29, 0.717) is 17.9 Å². The fraction of sp³-hybridized carbons (Fsp3) is 0.364. The molecule has 3 N–H and O–H groups in total. The average Bonchev–Trinajstić information content (AvgIpc) is 2.57. The summed E-state index contributed by atoms with van der Waals surface area (Å²) in [5.74, 6) is -0.125. The van der Waals surface area contributed by atoms with Crippen molar-refractivity contribution in [3.63, 3.8) is 0 Å². The molecule has 0 saturated heterocycles. The Hall–Kier alpha value is -1.71. The summed E-state index contributed by atoms with van der Waals surface area (Å²) in [6, 6.07) is 1.89. The molecule has 0 aliphatic heterocycles. The SMILES string of the molecule is C=CCNC(=O)c1cc(N)cn1C(C)C. The van der Waals surface area contributed by atoms with E-state index in [4.69, 9.17) is 5.73 Å². The number of rotatable bonds is 4. The molecule has 0 spiro atoms. The summed E-state index contributed by atoms with van der Waals surface area (Å²) < 4.78 is 1.85. The third-order valence-corrected chi connectivity index (χ3v) is 2.07. The van der Waals surface area contributed by atoms with Gasteiger partial charge in [0.25, 0.3) is 5.91 Å². The van der Waals surface area contributed by atoms with Gasteiger partial charge in [-0.3, -0.25) is 4.79 Å². The van der Waals surface area contributed by atoms with E-state index in [2.05, 4.69) is 11.9 Å². The van der Waals surface area contributed by atoms with Crippen molar-refractivity contribution in [2.45, 2.75) is 19.9 Å². The summed E-state index contributed by atoms with van der Waals surface area (Å²) in [6.45, 7) is 8.01. The van der Waals surface area contributed by atoms with Crippen molar-refractivity contribution >= 4 is 11.6 Å². The number of nitrogens with two attached hydrogens (primary N) is 1. The molecule has 15 heavy (non-hydrogen) atoms. The first-order valence-electron chi connectivity index (χ1n) is 4.92. The van der Waals surface area contributed by atoms with E-state index in [-0.39, 0.29) is 11.9 Å². The van der Waals surface area contributed by atoms with Crippen LogP contribution in [0.3, 0.4) is 0 Å². The van der Waals surface area contributed by atoms with Crippen molar-refractivity contribution < 1.29 is 4.79 Å². The lowest BCUT2D eigenvalue weighted by atomic mass is 10.3. The highest BCUT2D eigenvalue weighted by atomic mass is 16.1. The lowest BCUT2D eigenvalue weighted by Crippen LogP contribution is -2.26. The Balaban J connectivity index is 2.91.